The van der Waals surface area contributed by atoms with E-state index in [1.807, 2.05) is 6.92 Å². The van der Waals surface area contributed by atoms with Crippen LogP contribution in [-0.4, -0.2) is 4.98 Å². The highest BCUT2D eigenvalue weighted by molar-refractivity contribution is 7.19. The number of fused-ring (bicyclic) bond motifs is 1. The Kier molecular flexibility index (Phi) is 2.29. The van der Waals surface area contributed by atoms with Gasteiger partial charge in [-0.25, -0.2) is 4.98 Å². The topological polar surface area (TPSA) is 61.7 Å². The van der Waals surface area contributed by atoms with Crippen molar-refractivity contribution in [2.75, 3.05) is 0 Å². The molecule has 0 unspecified atom stereocenters. The van der Waals surface area contributed by atoms with Crippen LogP contribution in [0, 0.1) is 6.92 Å². The Morgan fingerprint density at radius 3 is 3.07 bits per heavy atom. The van der Waals surface area contributed by atoms with Crippen LogP contribution in [0.2, 0.25) is 5.02 Å². The molecule has 0 bridgehead atoms. The van der Waals surface area contributed by atoms with Crippen molar-refractivity contribution in [2.45, 2.75) is 6.92 Å². The summed E-state index contributed by atoms with van der Waals surface area (Å²) in [5.74, 6) is 0. The maximum Gasteiger partial charge on any atom is 0.0908 e. The van der Waals surface area contributed by atoms with E-state index in [-0.39, 0.29) is 0 Å². The molecule has 1 aromatic carbocycles. The summed E-state index contributed by atoms with van der Waals surface area (Å²) in [5, 5.41) is 4.92. The molecule has 70 valence electrons. The van der Waals surface area contributed by atoms with Crippen molar-refractivity contribution < 1.29 is 0 Å². The molecule has 0 atom stereocenters. The van der Waals surface area contributed by atoms with Gasteiger partial charge in [-0.1, -0.05) is 16.7 Å². The van der Waals surface area contributed by atoms with E-state index in [0.29, 0.717) is 10.7 Å². The van der Waals surface area contributed by atoms with Crippen LogP contribution in [0.1, 0.15) is 5.01 Å². The number of hydrogen-bond donors (Lipinski definition) is 0. The van der Waals surface area contributed by atoms with Gasteiger partial charge in [-0.15, -0.1) is 11.3 Å². The Hall–Kier alpha value is -1.29. The van der Waals surface area contributed by atoms with Gasteiger partial charge in [-0.2, -0.15) is 0 Å². The highest BCUT2D eigenvalue weighted by atomic mass is 35.5. The molecule has 4 nitrogen and oxygen atoms in total. The van der Waals surface area contributed by atoms with Gasteiger partial charge in [0.2, 0.25) is 0 Å². The van der Waals surface area contributed by atoms with Gasteiger partial charge < -0.3 is 0 Å². The minimum atomic E-state index is 0.449. The van der Waals surface area contributed by atoms with E-state index in [1.54, 1.807) is 12.1 Å². The van der Waals surface area contributed by atoms with Crippen LogP contribution in [0.25, 0.3) is 20.7 Å². The van der Waals surface area contributed by atoms with Gasteiger partial charge in [0.15, 0.2) is 0 Å². The molecule has 0 saturated heterocycles. The first-order chi connectivity index (χ1) is 6.72. The number of aromatic nitrogens is 1. The molecule has 0 radical (unpaired) electrons. The van der Waals surface area contributed by atoms with Crippen LogP contribution in [-0.2, 0) is 0 Å². The van der Waals surface area contributed by atoms with E-state index in [9.17, 15) is 0 Å². The van der Waals surface area contributed by atoms with Crippen LogP contribution < -0.4 is 0 Å². The van der Waals surface area contributed by atoms with Gasteiger partial charge in [0, 0.05) is 4.91 Å². The zero-order chi connectivity index (χ0) is 10.1. The minimum absolute atomic E-state index is 0.449. The molecule has 0 aliphatic carbocycles. The fourth-order valence-corrected chi connectivity index (χ4v) is 2.35. The molecular formula is C8H5ClN4S. The largest absolute Gasteiger partial charge is 0.241 e. The van der Waals surface area contributed by atoms with E-state index in [1.165, 1.54) is 11.3 Å². The summed E-state index contributed by atoms with van der Waals surface area (Å²) in [6.07, 6.45) is 0. The number of nitrogens with zero attached hydrogens (tertiary/aromatic N) is 4. The molecule has 0 saturated carbocycles. The van der Waals surface area contributed by atoms with E-state index in [0.717, 1.165) is 15.2 Å². The van der Waals surface area contributed by atoms with Crippen LogP contribution >= 0.6 is 22.9 Å². The van der Waals surface area contributed by atoms with Crippen LogP contribution in [0.3, 0.4) is 0 Å². The SMILES string of the molecule is Cc1nc2ccc(N=[N+]=[N-])c(Cl)c2s1. The predicted molar refractivity (Wildman–Crippen MR) is 58.2 cm³/mol. The second-order valence-corrected chi connectivity index (χ2v) is 4.25. The summed E-state index contributed by atoms with van der Waals surface area (Å²) in [7, 11) is 0. The number of benzene rings is 1. The van der Waals surface area contributed by atoms with E-state index in [2.05, 4.69) is 15.0 Å². The number of halogens is 1. The van der Waals surface area contributed by atoms with E-state index >= 15 is 0 Å². The van der Waals surface area contributed by atoms with Gasteiger partial charge in [0.1, 0.15) is 0 Å². The highest BCUT2D eigenvalue weighted by Crippen LogP contribution is 2.36. The van der Waals surface area contributed by atoms with Gasteiger partial charge in [0.25, 0.3) is 0 Å². The Balaban J connectivity index is 2.79. The number of rotatable bonds is 1. The van der Waals surface area contributed by atoms with Crippen LogP contribution in [0.5, 0.6) is 0 Å². The molecule has 0 N–H and O–H groups in total. The van der Waals surface area contributed by atoms with Crippen molar-refractivity contribution in [3.63, 3.8) is 0 Å². The maximum atomic E-state index is 8.31. The van der Waals surface area contributed by atoms with Gasteiger partial charge in [-0.3, -0.25) is 0 Å². The van der Waals surface area contributed by atoms with Gasteiger partial charge in [0.05, 0.1) is 25.9 Å². The molecule has 2 rings (SSSR count). The number of thiazole rings is 1. The lowest BCUT2D eigenvalue weighted by Gasteiger charge is -1.95. The zero-order valence-corrected chi connectivity index (χ0v) is 8.80. The standard InChI is InChI=1S/C8H5ClN4S/c1-4-11-6-3-2-5(12-13-10)7(9)8(6)14-4/h2-3H,1H3. The molecule has 6 heteroatoms. The molecule has 14 heavy (non-hydrogen) atoms. The molecule has 0 amide bonds. The summed E-state index contributed by atoms with van der Waals surface area (Å²) in [4.78, 5) is 6.98. The van der Waals surface area contributed by atoms with Crippen molar-refractivity contribution in [3.05, 3.63) is 32.6 Å². The number of aryl methyl sites for hydroxylation is 1. The molecular weight excluding hydrogens is 220 g/mol. The highest BCUT2D eigenvalue weighted by Gasteiger charge is 2.07. The van der Waals surface area contributed by atoms with E-state index < -0.39 is 0 Å². The molecule has 2 aromatic rings. The Bertz CT molecular complexity index is 542. The first kappa shape index (κ1) is 9.27. The maximum absolute atomic E-state index is 8.31. The summed E-state index contributed by atoms with van der Waals surface area (Å²) in [6.45, 7) is 1.91. The summed E-state index contributed by atoms with van der Waals surface area (Å²) >= 11 is 7.53. The lowest BCUT2D eigenvalue weighted by molar-refractivity contribution is 1.34. The fourth-order valence-electron chi connectivity index (χ4n) is 1.19. The third-order valence-electron chi connectivity index (χ3n) is 1.74. The van der Waals surface area contributed by atoms with Crippen molar-refractivity contribution in [3.8, 4) is 0 Å². The molecule has 1 aromatic heterocycles. The average Bonchev–Trinajstić information content (AvgIpc) is 2.52. The van der Waals surface area contributed by atoms with Gasteiger partial charge in [-0.05, 0) is 24.6 Å². The third kappa shape index (κ3) is 1.42. The summed E-state index contributed by atoms with van der Waals surface area (Å²) in [5.41, 5.74) is 9.60. The normalized spacial score (nSPS) is 10.1. The van der Waals surface area contributed by atoms with Crippen molar-refractivity contribution in [1.29, 1.82) is 0 Å². The van der Waals surface area contributed by atoms with Crippen molar-refractivity contribution in [2.24, 2.45) is 5.11 Å². The van der Waals surface area contributed by atoms with Crippen molar-refractivity contribution >= 4 is 38.8 Å². The second-order valence-electron chi connectivity index (χ2n) is 2.67. The molecule has 0 aliphatic rings. The monoisotopic (exact) mass is 224 g/mol. The second kappa shape index (κ2) is 3.46. The molecule has 1 heterocycles. The van der Waals surface area contributed by atoms with Crippen LogP contribution in [0.4, 0.5) is 5.69 Å². The quantitative estimate of drug-likeness (QED) is 0.407. The molecule has 0 spiro atoms. The summed E-state index contributed by atoms with van der Waals surface area (Å²) < 4.78 is 0.870. The lowest BCUT2D eigenvalue weighted by Crippen LogP contribution is -1.70. The third-order valence-corrected chi connectivity index (χ3v) is 3.23. The summed E-state index contributed by atoms with van der Waals surface area (Å²) in [6, 6.07) is 3.47. The van der Waals surface area contributed by atoms with Crippen LogP contribution in [0.15, 0.2) is 17.2 Å². The zero-order valence-electron chi connectivity index (χ0n) is 7.23. The first-order valence-electron chi connectivity index (χ1n) is 3.83. The van der Waals surface area contributed by atoms with E-state index in [4.69, 9.17) is 17.1 Å². The Morgan fingerprint density at radius 2 is 2.36 bits per heavy atom. The first-order valence-corrected chi connectivity index (χ1v) is 5.02. The fraction of sp³-hybridized carbons (Fsp3) is 0.125. The average molecular weight is 225 g/mol. The molecule has 0 fully saturated rings. The predicted octanol–water partition coefficient (Wildman–Crippen LogP) is 4.20. The Morgan fingerprint density at radius 1 is 1.57 bits per heavy atom. The minimum Gasteiger partial charge on any atom is -0.241 e. The smallest absolute Gasteiger partial charge is 0.0908 e. The Labute approximate surface area is 88.8 Å². The van der Waals surface area contributed by atoms with Crippen molar-refractivity contribution in [1.82, 2.24) is 4.98 Å². The van der Waals surface area contributed by atoms with Gasteiger partial charge >= 0.3 is 0 Å². The number of azide groups is 1. The molecule has 0 aliphatic heterocycles. The number of hydrogen-bond acceptors (Lipinski definition) is 3. The lowest BCUT2D eigenvalue weighted by atomic mass is 10.3.